The lowest BCUT2D eigenvalue weighted by Crippen LogP contribution is -2.31. The molecule has 0 unspecified atom stereocenters. The van der Waals surface area contributed by atoms with Crippen LogP contribution in [0.5, 0.6) is 0 Å². The first kappa shape index (κ1) is 7.80. The number of nitrogens with zero attached hydrogens (tertiary/aromatic N) is 1. The summed E-state index contributed by atoms with van der Waals surface area (Å²) in [6.45, 7) is 0.588. The molecule has 0 aliphatic heterocycles. The van der Waals surface area contributed by atoms with Crippen molar-refractivity contribution < 1.29 is 4.84 Å². The molecule has 0 saturated heterocycles. The van der Waals surface area contributed by atoms with Gasteiger partial charge in [-0.2, -0.15) is 5.34 Å². The van der Waals surface area contributed by atoms with Gasteiger partial charge in [0.25, 0.3) is 0 Å². The largest absolute Gasteiger partial charge is 0.748 e. The molecule has 0 aliphatic rings. The lowest BCUT2D eigenvalue weighted by Gasteiger charge is -2.24. The first-order valence-electron chi connectivity index (χ1n) is 2.29. The number of nitrogens with two attached hydrogens (primary N) is 1. The fourth-order valence-corrected chi connectivity index (χ4v) is 0.200. The summed E-state index contributed by atoms with van der Waals surface area (Å²) < 4.78 is 0. The maximum Gasteiger partial charge on any atom is 0.0811 e. The summed E-state index contributed by atoms with van der Waals surface area (Å²) in [7, 11) is 1.46. The molecule has 0 radical (unpaired) electrons. The molecule has 0 aromatic rings. The van der Waals surface area contributed by atoms with Crippen LogP contribution in [-0.2, 0) is 4.84 Å². The zero-order chi connectivity index (χ0) is 6.41. The van der Waals surface area contributed by atoms with Crippen LogP contribution < -0.4 is 11.2 Å². The summed E-state index contributed by atoms with van der Waals surface area (Å²) in [4.78, 5) is 4.38. The van der Waals surface area contributed by atoms with Crippen molar-refractivity contribution in [1.82, 2.24) is 10.8 Å². The Hall–Kier alpha value is -0.200. The number of hydrogen-bond donors (Lipinski definition) is 2. The predicted molar refractivity (Wildman–Crippen MR) is 29.3 cm³/mol. The highest BCUT2D eigenvalue weighted by atomic mass is 16.9. The van der Waals surface area contributed by atoms with Gasteiger partial charge < -0.3 is 10.9 Å². The fraction of sp³-hybridized carbons (Fsp3) is 1.00. The summed E-state index contributed by atoms with van der Waals surface area (Å²) in [5.74, 6) is 0. The lowest BCUT2D eigenvalue weighted by atomic mass is 10.8. The molecule has 5 heteroatoms. The highest BCUT2D eigenvalue weighted by Gasteiger charge is 1.81. The standard InChI is InChI=1S/C3H10N3O2/c1-5-6(7)8-3-2-4/h5H,2-4H2,1H3/q-1. The molecule has 0 aromatic heterocycles. The van der Waals surface area contributed by atoms with Crippen LogP contribution in [0.15, 0.2) is 0 Å². The van der Waals surface area contributed by atoms with E-state index in [1.54, 1.807) is 0 Å². The molecular weight excluding hydrogens is 110 g/mol. The smallest absolute Gasteiger partial charge is 0.0811 e. The minimum atomic E-state index is 0.240. The molecule has 0 rings (SSSR count). The second-order valence-corrected chi connectivity index (χ2v) is 1.10. The average molecular weight is 120 g/mol. The van der Waals surface area contributed by atoms with Crippen LogP contribution in [0, 0.1) is 5.21 Å². The van der Waals surface area contributed by atoms with E-state index in [1.807, 2.05) is 0 Å². The topological polar surface area (TPSA) is 73.6 Å². The van der Waals surface area contributed by atoms with E-state index in [4.69, 9.17) is 5.73 Å². The first-order chi connectivity index (χ1) is 3.81. The number of hydrazine groups is 1. The molecule has 5 nitrogen and oxygen atoms in total. The average Bonchev–Trinajstić information content (AvgIpc) is 1.83. The van der Waals surface area contributed by atoms with E-state index in [0.29, 0.717) is 6.54 Å². The molecule has 3 N–H and O–H groups in total. The monoisotopic (exact) mass is 120 g/mol. The van der Waals surface area contributed by atoms with E-state index in [1.165, 1.54) is 7.05 Å². The molecule has 0 aromatic carbocycles. The van der Waals surface area contributed by atoms with Gasteiger partial charge in [-0.05, 0) is 7.05 Å². The van der Waals surface area contributed by atoms with E-state index in [9.17, 15) is 5.21 Å². The number of rotatable bonds is 4. The fourth-order valence-electron chi connectivity index (χ4n) is 0.200. The Labute approximate surface area is 47.9 Å². The van der Waals surface area contributed by atoms with Gasteiger partial charge in [-0.25, -0.2) is 5.43 Å². The van der Waals surface area contributed by atoms with Crippen LogP contribution in [0.2, 0.25) is 0 Å². The van der Waals surface area contributed by atoms with Gasteiger partial charge in [0.05, 0.1) is 6.61 Å². The van der Waals surface area contributed by atoms with Crippen LogP contribution in [0.25, 0.3) is 0 Å². The first-order valence-corrected chi connectivity index (χ1v) is 2.29. The van der Waals surface area contributed by atoms with Crippen LogP contribution in [-0.4, -0.2) is 25.5 Å². The zero-order valence-corrected chi connectivity index (χ0v) is 4.76. The zero-order valence-electron chi connectivity index (χ0n) is 4.76. The van der Waals surface area contributed by atoms with Gasteiger partial charge in [-0.15, -0.1) is 0 Å². The van der Waals surface area contributed by atoms with E-state index >= 15 is 0 Å². The van der Waals surface area contributed by atoms with Crippen molar-refractivity contribution in [3.8, 4) is 0 Å². The van der Waals surface area contributed by atoms with E-state index in [2.05, 4.69) is 10.3 Å². The van der Waals surface area contributed by atoms with Gasteiger partial charge in [-0.3, -0.25) is 4.84 Å². The third kappa shape index (κ3) is 3.97. The third-order valence-electron chi connectivity index (χ3n) is 0.509. The second-order valence-electron chi connectivity index (χ2n) is 1.10. The summed E-state index contributed by atoms with van der Waals surface area (Å²) in [6, 6.07) is 0. The molecule has 0 spiro atoms. The van der Waals surface area contributed by atoms with Gasteiger partial charge in [0, 0.05) is 6.54 Å². The van der Waals surface area contributed by atoms with E-state index in [0.717, 1.165) is 0 Å². The summed E-state index contributed by atoms with van der Waals surface area (Å²) in [5.41, 5.74) is 7.21. The lowest BCUT2D eigenvalue weighted by molar-refractivity contribution is -0.149. The Morgan fingerprint density at radius 1 is 1.88 bits per heavy atom. The maximum atomic E-state index is 10.1. The van der Waals surface area contributed by atoms with Gasteiger partial charge in [-0.1, -0.05) is 0 Å². The molecular formula is C3H10N3O2-. The van der Waals surface area contributed by atoms with Crippen LogP contribution in [0.4, 0.5) is 0 Å². The van der Waals surface area contributed by atoms with Crippen LogP contribution in [0.1, 0.15) is 0 Å². The highest BCUT2D eigenvalue weighted by Crippen LogP contribution is 1.74. The van der Waals surface area contributed by atoms with E-state index in [-0.39, 0.29) is 11.9 Å². The van der Waals surface area contributed by atoms with E-state index < -0.39 is 0 Å². The summed E-state index contributed by atoms with van der Waals surface area (Å²) >= 11 is 0. The van der Waals surface area contributed by atoms with Crippen molar-refractivity contribution in [2.75, 3.05) is 20.2 Å². The predicted octanol–water partition coefficient (Wildman–Crippen LogP) is -1.19. The van der Waals surface area contributed by atoms with Crippen molar-refractivity contribution in [3.63, 3.8) is 0 Å². The molecule has 0 atom stereocenters. The van der Waals surface area contributed by atoms with Gasteiger partial charge >= 0.3 is 0 Å². The van der Waals surface area contributed by atoms with Crippen molar-refractivity contribution in [2.24, 2.45) is 5.73 Å². The Morgan fingerprint density at radius 3 is 2.88 bits per heavy atom. The molecule has 0 aliphatic carbocycles. The maximum absolute atomic E-state index is 10.1. The Bertz CT molecular complexity index is 51.8. The normalized spacial score (nSPS) is 10.5. The molecule has 50 valence electrons. The van der Waals surface area contributed by atoms with Crippen molar-refractivity contribution >= 4 is 0 Å². The third-order valence-corrected chi connectivity index (χ3v) is 0.509. The minimum Gasteiger partial charge on any atom is -0.748 e. The SMILES string of the molecule is CNN([O-])OCCN. The highest BCUT2D eigenvalue weighted by molar-refractivity contribution is 4.29. The summed E-state index contributed by atoms with van der Waals surface area (Å²) in [5, 5.41) is 10.4. The molecule has 0 fully saturated rings. The number of nitrogens with one attached hydrogen (secondary N) is 1. The Morgan fingerprint density at radius 2 is 2.50 bits per heavy atom. The summed E-state index contributed by atoms with van der Waals surface area (Å²) in [6.07, 6.45) is 0. The van der Waals surface area contributed by atoms with Crippen molar-refractivity contribution in [3.05, 3.63) is 5.21 Å². The second kappa shape index (κ2) is 4.95. The molecule has 0 bridgehead atoms. The van der Waals surface area contributed by atoms with Crippen LogP contribution >= 0.6 is 0 Å². The van der Waals surface area contributed by atoms with Gasteiger partial charge in [0.1, 0.15) is 0 Å². The molecule has 8 heavy (non-hydrogen) atoms. The quantitative estimate of drug-likeness (QED) is 0.456. The van der Waals surface area contributed by atoms with Crippen molar-refractivity contribution in [2.45, 2.75) is 0 Å². The van der Waals surface area contributed by atoms with Gasteiger partial charge in [0.15, 0.2) is 0 Å². The van der Waals surface area contributed by atoms with Crippen molar-refractivity contribution in [1.29, 1.82) is 0 Å². The molecule has 0 heterocycles. The van der Waals surface area contributed by atoms with Crippen LogP contribution in [0.3, 0.4) is 0 Å². The molecule has 0 saturated carbocycles. The minimum absolute atomic E-state index is 0.240. The van der Waals surface area contributed by atoms with Gasteiger partial charge in [0.2, 0.25) is 0 Å². The number of hydrogen-bond acceptors (Lipinski definition) is 5. The molecule has 0 amide bonds. The Balaban J connectivity index is 2.86. The Kier molecular flexibility index (Phi) is 4.82.